The Morgan fingerprint density at radius 3 is 1.67 bits per heavy atom. The van der Waals surface area contributed by atoms with E-state index in [0.29, 0.717) is 0 Å². The van der Waals surface area contributed by atoms with Crippen molar-refractivity contribution >= 4 is 18.2 Å². The summed E-state index contributed by atoms with van der Waals surface area (Å²) in [4.78, 5) is 31.2. The second-order valence-corrected chi connectivity index (χ2v) is 1.51. The van der Waals surface area contributed by atoms with E-state index in [0.717, 1.165) is 14.2 Å². The zero-order chi connectivity index (χ0) is 8.85. The molecule has 0 bridgehead atoms. The van der Waals surface area contributed by atoms with Gasteiger partial charge in [-0.05, 0) is 0 Å². The Hall–Kier alpha value is -0.520. The Morgan fingerprint density at radius 1 is 1.17 bits per heavy atom. The van der Waals surface area contributed by atoms with Crippen molar-refractivity contribution in [3.8, 4) is 0 Å². The Morgan fingerprint density at radius 2 is 1.50 bits per heavy atom. The first-order valence-corrected chi connectivity index (χ1v) is 2.66. The van der Waals surface area contributed by atoms with E-state index >= 15 is 0 Å². The van der Waals surface area contributed by atoms with E-state index in [9.17, 15) is 14.4 Å². The van der Waals surface area contributed by atoms with Crippen LogP contribution in [0.3, 0.4) is 0 Å². The Kier molecular flexibility index (Phi) is 8.36. The van der Waals surface area contributed by atoms with Crippen molar-refractivity contribution in [2.45, 2.75) is 0 Å². The SMILES string of the molecule is COC(=O)[C-](C=O)C(=O)OC.[Na+]. The maximum absolute atomic E-state index is 10.6. The van der Waals surface area contributed by atoms with E-state index in [-0.39, 0.29) is 35.8 Å². The molecule has 0 saturated heterocycles. The van der Waals surface area contributed by atoms with E-state index < -0.39 is 17.9 Å². The first-order chi connectivity index (χ1) is 5.17. The summed E-state index contributed by atoms with van der Waals surface area (Å²) in [6, 6.07) is 0. The van der Waals surface area contributed by atoms with Gasteiger partial charge in [0.1, 0.15) is 0 Å². The van der Waals surface area contributed by atoms with Gasteiger partial charge in [-0.1, -0.05) is 0 Å². The maximum atomic E-state index is 10.6. The standard InChI is InChI=1S/C6H7O5.Na/c1-10-5(8)4(3-7)6(9)11-2;/h3H,1-2H3;/q-1;+1. The summed E-state index contributed by atoms with van der Waals surface area (Å²) < 4.78 is 8.24. The molecule has 0 aromatic rings. The molecule has 0 amide bonds. The average molecular weight is 182 g/mol. The quantitative estimate of drug-likeness (QED) is 0.147. The van der Waals surface area contributed by atoms with E-state index in [2.05, 4.69) is 9.47 Å². The van der Waals surface area contributed by atoms with Crippen molar-refractivity contribution in [3.05, 3.63) is 5.92 Å². The maximum Gasteiger partial charge on any atom is 1.00 e. The van der Waals surface area contributed by atoms with Gasteiger partial charge in [-0.2, -0.15) is 0 Å². The number of methoxy groups -OCH3 is 2. The van der Waals surface area contributed by atoms with E-state index in [4.69, 9.17) is 0 Å². The van der Waals surface area contributed by atoms with Gasteiger partial charge in [-0.3, -0.25) is 9.59 Å². The van der Waals surface area contributed by atoms with Gasteiger partial charge in [0.2, 0.25) is 0 Å². The van der Waals surface area contributed by atoms with E-state index in [1.54, 1.807) is 0 Å². The summed E-state index contributed by atoms with van der Waals surface area (Å²) in [7, 11) is 2.13. The van der Waals surface area contributed by atoms with Gasteiger partial charge < -0.3 is 14.3 Å². The third kappa shape index (κ3) is 3.75. The molecule has 62 valence electrons. The van der Waals surface area contributed by atoms with Gasteiger partial charge in [0.15, 0.2) is 11.9 Å². The second kappa shape index (κ2) is 7.15. The summed E-state index contributed by atoms with van der Waals surface area (Å²) in [5, 5.41) is 0. The molecule has 0 aliphatic carbocycles. The van der Waals surface area contributed by atoms with Crippen LogP contribution in [0.4, 0.5) is 0 Å². The molecule has 0 unspecified atom stereocenters. The number of esters is 2. The fourth-order valence-electron chi connectivity index (χ4n) is 0.399. The molecule has 0 aliphatic rings. The van der Waals surface area contributed by atoms with Crippen LogP contribution in [0.5, 0.6) is 0 Å². The molecule has 0 heterocycles. The molecule has 5 nitrogen and oxygen atoms in total. The first-order valence-electron chi connectivity index (χ1n) is 2.66. The van der Waals surface area contributed by atoms with Crippen molar-refractivity contribution in [1.82, 2.24) is 0 Å². The van der Waals surface area contributed by atoms with Crippen LogP contribution in [-0.4, -0.2) is 32.4 Å². The van der Waals surface area contributed by atoms with Gasteiger partial charge in [0, 0.05) is 6.29 Å². The Labute approximate surface area is 91.7 Å². The van der Waals surface area contributed by atoms with Crippen LogP contribution in [0.25, 0.3) is 0 Å². The molecule has 0 aliphatic heterocycles. The topological polar surface area (TPSA) is 69.7 Å². The van der Waals surface area contributed by atoms with E-state index in [1.165, 1.54) is 0 Å². The van der Waals surface area contributed by atoms with Crippen molar-refractivity contribution in [3.63, 3.8) is 0 Å². The minimum atomic E-state index is -0.994. The number of ether oxygens (including phenoxy) is 2. The molecule has 0 aromatic heterocycles. The van der Waals surface area contributed by atoms with Crippen molar-refractivity contribution in [2.75, 3.05) is 14.2 Å². The minimum Gasteiger partial charge on any atom is -0.490 e. The summed E-state index contributed by atoms with van der Waals surface area (Å²) in [6.07, 6.45) is 0.0949. The molecular weight excluding hydrogens is 175 g/mol. The molecule has 12 heavy (non-hydrogen) atoms. The third-order valence-corrected chi connectivity index (χ3v) is 0.928. The number of hydrogen-bond acceptors (Lipinski definition) is 5. The van der Waals surface area contributed by atoms with Crippen LogP contribution in [0, 0.1) is 5.92 Å². The summed E-state index contributed by atoms with van der Waals surface area (Å²) in [6.45, 7) is 0. The average Bonchev–Trinajstić information content (AvgIpc) is 2.05. The van der Waals surface area contributed by atoms with Gasteiger partial charge >= 0.3 is 29.6 Å². The van der Waals surface area contributed by atoms with Crippen molar-refractivity contribution < 1.29 is 53.4 Å². The predicted molar refractivity (Wildman–Crippen MR) is 33.3 cm³/mol. The first kappa shape index (κ1) is 14.0. The molecule has 0 atom stereocenters. The van der Waals surface area contributed by atoms with E-state index in [1.807, 2.05) is 0 Å². The number of hydrogen-bond donors (Lipinski definition) is 0. The van der Waals surface area contributed by atoms with Gasteiger partial charge in [0.25, 0.3) is 0 Å². The van der Waals surface area contributed by atoms with Crippen LogP contribution >= 0.6 is 0 Å². The number of carbonyl (C=O) groups is 3. The zero-order valence-corrected chi connectivity index (χ0v) is 9.12. The van der Waals surface area contributed by atoms with Crippen molar-refractivity contribution in [2.24, 2.45) is 0 Å². The zero-order valence-electron chi connectivity index (χ0n) is 7.12. The Balaban J connectivity index is 0. The van der Waals surface area contributed by atoms with Crippen LogP contribution in [0.1, 0.15) is 0 Å². The van der Waals surface area contributed by atoms with Crippen LogP contribution in [0.15, 0.2) is 0 Å². The summed E-state index contributed by atoms with van der Waals surface area (Å²) in [5.74, 6) is -2.63. The molecule has 0 spiro atoms. The second-order valence-electron chi connectivity index (χ2n) is 1.51. The Bertz CT molecular complexity index is 163. The molecule has 0 rings (SSSR count). The number of rotatable bonds is 3. The fraction of sp³-hybridized carbons (Fsp3) is 0.333. The molecule has 0 saturated carbocycles. The van der Waals surface area contributed by atoms with Gasteiger partial charge in [0.05, 0.1) is 14.2 Å². The number of aldehydes is 1. The van der Waals surface area contributed by atoms with Gasteiger partial charge in [-0.15, -0.1) is 5.92 Å². The molecular formula is C6H7NaO5. The molecule has 0 aromatic carbocycles. The summed E-state index contributed by atoms with van der Waals surface area (Å²) >= 11 is 0. The molecule has 0 radical (unpaired) electrons. The largest absolute Gasteiger partial charge is 1.00 e. The predicted octanol–water partition coefficient (Wildman–Crippen LogP) is -3.89. The van der Waals surface area contributed by atoms with Gasteiger partial charge in [-0.25, -0.2) is 0 Å². The minimum absolute atomic E-state index is 0. The molecule has 0 fully saturated rings. The van der Waals surface area contributed by atoms with Crippen molar-refractivity contribution in [1.29, 1.82) is 0 Å². The fourth-order valence-corrected chi connectivity index (χ4v) is 0.399. The van der Waals surface area contributed by atoms with Crippen LogP contribution in [-0.2, 0) is 23.9 Å². The summed E-state index contributed by atoms with van der Waals surface area (Å²) in [5.41, 5.74) is 0. The van der Waals surface area contributed by atoms with Crippen LogP contribution < -0.4 is 29.6 Å². The third-order valence-electron chi connectivity index (χ3n) is 0.928. The molecule has 0 N–H and O–H groups in total. The van der Waals surface area contributed by atoms with Crippen LogP contribution in [0.2, 0.25) is 0 Å². The molecule has 6 heteroatoms. The normalized spacial score (nSPS) is 7.50. The monoisotopic (exact) mass is 182 g/mol. The smallest absolute Gasteiger partial charge is 0.490 e. The number of carbonyl (C=O) groups excluding carboxylic acids is 3.